The Hall–Kier alpha value is -1.87. The second-order valence-electron chi connectivity index (χ2n) is 6.06. The van der Waals surface area contributed by atoms with Gasteiger partial charge < -0.3 is 9.47 Å². The number of carbonyl (C=O) groups is 1. The van der Waals surface area contributed by atoms with Gasteiger partial charge in [0.15, 0.2) is 0 Å². The maximum Gasteiger partial charge on any atom is 0.316 e. The van der Waals surface area contributed by atoms with Gasteiger partial charge in [0, 0.05) is 0 Å². The summed E-state index contributed by atoms with van der Waals surface area (Å²) < 4.78 is 10.9. The van der Waals surface area contributed by atoms with Gasteiger partial charge in [-0.2, -0.15) is 0 Å². The molecule has 0 spiro atoms. The monoisotopic (exact) mass is 302 g/mol. The minimum atomic E-state index is -0.499. The van der Waals surface area contributed by atoms with Crippen molar-refractivity contribution in [2.75, 3.05) is 6.61 Å². The fourth-order valence-electron chi connectivity index (χ4n) is 1.56. The van der Waals surface area contributed by atoms with Crippen LogP contribution in [0.3, 0.4) is 0 Å². The van der Waals surface area contributed by atoms with Crippen molar-refractivity contribution in [2.24, 2.45) is 5.41 Å². The van der Waals surface area contributed by atoms with Crippen LogP contribution in [0.5, 0.6) is 0 Å². The van der Waals surface area contributed by atoms with Crippen molar-refractivity contribution in [3.05, 3.63) is 59.9 Å². The lowest BCUT2D eigenvalue weighted by Gasteiger charge is -2.16. The van der Waals surface area contributed by atoms with Gasteiger partial charge in [-0.15, -0.1) is 0 Å². The van der Waals surface area contributed by atoms with Gasteiger partial charge in [-0.1, -0.05) is 36.4 Å². The molecule has 1 aromatic rings. The summed E-state index contributed by atoms with van der Waals surface area (Å²) in [5, 5.41) is 0. The number of hydrogen-bond donors (Lipinski definition) is 0. The van der Waals surface area contributed by atoms with Crippen LogP contribution in [-0.4, -0.2) is 12.6 Å². The van der Waals surface area contributed by atoms with Crippen LogP contribution in [0, 0.1) is 5.41 Å². The van der Waals surface area contributed by atoms with Crippen molar-refractivity contribution in [3.8, 4) is 0 Å². The molecule has 0 amide bonds. The van der Waals surface area contributed by atoms with Crippen molar-refractivity contribution < 1.29 is 14.3 Å². The zero-order chi connectivity index (χ0) is 16.4. The Morgan fingerprint density at radius 2 is 1.86 bits per heavy atom. The van der Waals surface area contributed by atoms with Crippen LogP contribution in [0.25, 0.3) is 0 Å². The molecular formula is C19H26O3. The van der Waals surface area contributed by atoms with Crippen LogP contribution in [-0.2, 0) is 20.9 Å². The summed E-state index contributed by atoms with van der Waals surface area (Å²) in [6, 6.07) is 10.1. The molecule has 0 saturated carbocycles. The lowest BCUT2D eigenvalue weighted by atomic mass is 9.97. The van der Waals surface area contributed by atoms with E-state index in [1.54, 1.807) is 6.08 Å². The Labute approximate surface area is 133 Å². The van der Waals surface area contributed by atoms with E-state index in [9.17, 15) is 4.79 Å². The number of rotatable bonds is 7. The standard InChI is InChI=1S/C19H26O3/c1-5-17(22-18(20)19(2,3)4)13-9-10-14-21-15-16-11-7-6-8-12-16/h5-9,11-13H,10,14-15H2,1-4H3/b13-9+,17-5-. The quantitative estimate of drug-likeness (QED) is 0.318. The van der Waals surface area contributed by atoms with Crippen LogP contribution in [0.15, 0.2) is 54.3 Å². The summed E-state index contributed by atoms with van der Waals surface area (Å²) in [5.74, 6) is 0.341. The summed E-state index contributed by atoms with van der Waals surface area (Å²) in [5.41, 5.74) is 0.667. The molecule has 0 heterocycles. The SMILES string of the molecule is C/C=C(/C=C/CCOCc1ccccc1)OC(=O)C(C)(C)C. The van der Waals surface area contributed by atoms with Crippen LogP contribution in [0.4, 0.5) is 0 Å². The van der Waals surface area contributed by atoms with E-state index >= 15 is 0 Å². The highest BCUT2D eigenvalue weighted by atomic mass is 16.5. The predicted molar refractivity (Wildman–Crippen MR) is 89.2 cm³/mol. The average Bonchev–Trinajstić information content (AvgIpc) is 2.49. The summed E-state index contributed by atoms with van der Waals surface area (Å²) in [6.45, 7) is 8.61. The largest absolute Gasteiger partial charge is 0.427 e. The van der Waals surface area contributed by atoms with Gasteiger partial charge in [0.25, 0.3) is 0 Å². The smallest absolute Gasteiger partial charge is 0.316 e. The second kappa shape index (κ2) is 9.21. The lowest BCUT2D eigenvalue weighted by Crippen LogP contribution is -2.22. The van der Waals surface area contributed by atoms with E-state index in [2.05, 4.69) is 0 Å². The maximum absolute atomic E-state index is 11.8. The molecule has 3 nitrogen and oxygen atoms in total. The zero-order valence-electron chi connectivity index (χ0n) is 14.0. The summed E-state index contributed by atoms with van der Waals surface area (Å²) in [4.78, 5) is 11.8. The van der Waals surface area contributed by atoms with Crippen molar-refractivity contribution >= 4 is 5.97 Å². The highest BCUT2D eigenvalue weighted by molar-refractivity contribution is 5.76. The summed E-state index contributed by atoms with van der Waals surface area (Å²) >= 11 is 0. The fraction of sp³-hybridized carbons (Fsp3) is 0.421. The van der Waals surface area contributed by atoms with Gasteiger partial charge in [0.1, 0.15) is 5.76 Å². The van der Waals surface area contributed by atoms with Crippen LogP contribution in [0.2, 0.25) is 0 Å². The molecule has 0 atom stereocenters. The summed E-state index contributed by atoms with van der Waals surface area (Å²) in [6.07, 6.45) is 6.33. The average molecular weight is 302 g/mol. The normalized spacial score (nSPS) is 12.6. The molecule has 1 aromatic carbocycles. The predicted octanol–water partition coefficient (Wildman–Crippen LogP) is 4.64. The van der Waals surface area contributed by atoms with E-state index in [-0.39, 0.29) is 5.97 Å². The van der Waals surface area contributed by atoms with Crippen LogP contribution in [0.1, 0.15) is 39.7 Å². The summed E-state index contributed by atoms with van der Waals surface area (Å²) in [7, 11) is 0. The minimum Gasteiger partial charge on any atom is -0.427 e. The van der Waals surface area contributed by atoms with Crippen LogP contribution >= 0.6 is 0 Å². The van der Waals surface area contributed by atoms with Gasteiger partial charge in [-0.3, -0.25) is 4.79 Å². The van der Waals surface area contributed by atoms with Gasteiger partial charge in [0.2, 0.25) is 0 Å². The van der Waals surface area contributed by atoms with Gasteiger partial charge in [-0.25, -0.2) is 0 Å². The first-order chi connectivity index (χ1) is 10.4. The number of hydrogen-bond acceptors (Lipinski definition) is 3. The number of benzene rings is 1. The lowest BCUT2D eigenvalue weighted by molar-refractivity contribution is -0.148. The van der Waals surface area contributed by atoms with Crippen molar-refractivity contribution in [1.82, 2.24) is 0 Å². The van der Waals surface area contributed by atoms with Gasteiger partial charge >= 0.3 is 5.97 Å². The first-order valence-electron chi connectivity index (χ1n) is 7.60. The molecule has 3 heteroatoms. The number of allylic oxidation sites excluding steroid dienone is 2. The third kappa shape index (κ3) is 7.23. The molecule has 0 fully saturated rings. The Morgan fingerprint density at radius 3 is 2.45 bits per heavy atom. The molecule has 0 aliphatic rings. The highest BCUT2D eigenvalue weighted by Gasteiger charge is 2.23. The Bertz CT molecular complexity index is 507. The topological polar surface area (TPSA) is 35.5 Å². The Morgan fingerprint density at radius 1 is 1.18 bits per heavy atom. The second-order valence-corrected chi connectivity index (χ2v) is 6.06. The van der Waals surface area contributed by atoms with Crippen molar-refractivity contribution in [3.63, 3.8) is 0 Å². The molecule has 22 heavy (non-hydrogen) atoms. The van der Waals surface area contributed by atoms with Gasteiger partial charge in [0.05, 0.1) is 18.6 Å². The number of ether oxygens (including phenoxy) is 2. The van der Waals surface area contributed by atoms with E-state index in [4.69, 9.17) is 9.47 Å². The van der Waals surface area contributed by atoms with Gasteiger partial charge in [-0.05, 0) is 51.8 Å². The third-order valence-corrected chi connectivity index (χ3v) is 2.93. The highest BCUT2D eigenvalue weighted by Crippen LogP contribution is 2.17. The molecule has 120 valence electrons. The first kappa shape index (κ1) is 18.2. The number of carbonyl (C=O) groups excluding carboxylic acids is 1. The van der Waals surface area contributed by atoms with Crippen LogP contribution < -0.4 is 0 Å². The van der Waals surface area contributed by atoms with E-state index in [1.807, 2.05) is 70.2 Å². The minimum absolute atomic E-state index is 0.231. The van der Waals surface area contributed by atoms with Crippen molar-refractivity contribution in [2.45, 2.75) is 40.7 Å². The number of esters is 1. The Kier molecular flexibility index (Phi) is 7.61. The molecule has 0 bridgehead atoms. The van der Waals surface area contributed by atoms with E-state index < -0.39 is 5.41 Å². The molecule has 0 unspecified atom stereocenters. The molecule has 0 radical (unpaired) electrons. The molecule has 1 rings (SSSR count). The third-order valence-electron chi connectivity index (χ3n) is 2.93. The Balaban J connectivity index is 2.27. The zero-order valence-corrected chi connectivity index (χ0v) is 14.0. The van der Waals surface area contributed by atoms with E-state index in [1.165, 1.54) is 5.56 Å². The molecule has 0 saturated heterocycles. The molecule has 0 aromatic heterocycles. The van der Waals surface area contributed by atoms with E-state index in [0.29, 0.717) is 19.0 Å². The van der Waals surface area contributed by atoms with E-state index in [0.717, 1.165) is 6.42 Å². The molecule has 0 aliphatic heterocycles. The fourth-order valence-corrected chi connectivity index (χ4v) is 1.56. The maximum atomic E-state index is 11.8. The van der Waals surface area contributed by atoms with Crippen molar-refractivity contribution in [1.29, 1.82) is 0 Å². The first-order valence-corrected chi connectivity index (χ1v) is 7.60. The molecular weight excluding hydrogens is 276 g/mol. The molecule has 0 N–H and O–H groups in total. The molecule has 0 aliphatic carbocycles.